The standard InChI is InChI=1S/C12H23N3/c1-8-10(9(2)15(6)14-8)7-11(13)12(3,4)5/h11H,7,13H2,1-6H3. The molecule has 1 aromatic heterocycles. The molecule has 0 aliphatic heterocycles. The summed E-state index contributed by atoms with van der Waals surface area (Å²) in [4.78, 5) is 0. The average Bonchev–Trinajstić information content (AvgIpc) is 2.30. The molecular weight excluding hydrogens is 186 g/mol. The lowest BCUT2D eigenvalue weighted by Crippen LogP contribution is -2.37. The normalized spacial score (nSPS) is 14.3. The van der Waals surface area contributed by atoms with Gasteiger partial charge < -0.3 is 5.73 Å². The summed E-state index contributed by atoms with van der Waals surface area (Å²) < 4.78 is 1.93. The van der Waals surface area contributed by atoms with E-state index in [4.69, 9.17) is 5.73 Å². The van der Waals surface area contributed by atoms with Crippen LogP contribution >= 0.6 is 0 Å². The lowest BCUT2D eigenvalue weighted by molar-refractivity contribution is 0.318. The van der Waals surface area contributed by atoms with E-state index in [1.54, 1.807) is 0 Å². The van der Waals surface area contributed by atoms with Gasteiger partial charge in [-0.3, -0.25) is 4.68 Å². The lowest BCUT2D eigenvalue weighted by atomic mass is 9.83. The van der Waals surface area contributed by atoms with E-state index in [0.29, 0.717) is 0 Å². The van der Waals surface area contributed by atoms with Crippen LogP contribution in [0.1, 0.15) is 37.7 Å². The zero-order valence-corrected chi connectivity index (χ0v) is 10.8. The number of hydrogen-bond acceptors (Lipinski definition) is 2. The quantitative estimate of drug-likeness (QED) is 0.809. The molecule has 15 heavy (non-hydrogen) atoms. The van der Waals surface area contributed by atoms with Crippen molar-refractivity contribution in [3.63, 3.8) is 0 Å². The molecule has 3 nitrogen and oxygen atoms in total. The SMILES string of the molecule is Cc1nn(C)c(C)c1CC(N)C(C)(C)C. The second-order valence-electron chi connectivity index (χ2n) is 5.45. The van der Waals surface area contributed by atoms with E-state index in [-0.39, 0.29) is 11.5 Å². The number of aryl methyl sites for hydroxylation is 2. The van der Waals surface area contributed by atoms with Crippen molar-refractivity contribution in [3.05, 3.63) is 17.0 Å². The molecule has 1 heterocycles. The predicted octanol–water partition coefficient (Wildman–Crippen LogP) is 1.95. The monoisotopic (exact) mass is 209 g/mol. The molecule has 0 aliphatic carbocycles. The van der Waals surface area contributed by atoms with Crippen LogP contribution in [0.5, 0.6) is 0 Å². The molecule has 86 valence electrons. The van der Waals surface area contributed by atoms with E-state index < -0.39 is 0 Å². The van der Waals surface area contributed by atoms with Gasteiger partial charge in [-0.2, -0.15) is 5.10 Å². The number of rotatable bonds is 2. The Morgan fingerprint density at radius 3 is 2.20 bits per heavy atom. The Hall–Kier alpha value is -0.830. The van der Waals surface area contributed by atoms with Crippen LogP contribution in [0.25, 0.3) is 0 Å². The summed E-state index contributed by atoms with van der Waals surface area (Å²) in [5.74, 6) is 0. The number of nitrogens with zero attached hydrogens (tertiary/aromatic N) is 2. The largest absolute Gasteiger partial charge is 0.327 e. The first-order valence-corrected chi connectivity index (χ1v) is 5.48. The first-order chi connectivity index (χ1) is 6.73. The van der Waals surface area contributed by atoms with Gasteiger partial charge in [0.05, 0.1) is 5.69 Å². The van der Waals surface area contributed by atoms with Gasteiger partial charge in [0, 0.05) is 18.8 Å². The fraction of sp³-hybridized carbons (Fsp3) is 0.750. The van der Waals surface area contributed by atoms with E-state index in [9.17, 15) is 0 Å². The molecule has 0 saturated carbocycles. The summed E-state index contributed by atoms with van der Waals surface area (Å²) in [5, 5.41) is 4.41. The average molecular weight is 209 g/mol. The zero-order chi connectivity index (χ0) is 11.8. The highest BCUT2D eigenvalue weighted by Crippen LogP contribution is 2.23. The van der Waals surface area contributed by atoms with Crippen LogP contribution in [0.4, 0.5) is 0 Å². The first kappa shape index (κ1) is 12.2. The topological polar surface area (TPSA) is 43.8 Å². The number of nitrogens with two attached hydrogens (primary N) is 1. The summed E-state index contributed by atoms with van der Waals surface area (Å²) in [5.41, 5.74) is 9.98. The Bertz CT molecular complexity index is 344. The molecule has 0 aliphatic rings. The van der Waals surface area contributed by atoms with Crippen molar-refractivity contribution in [2.45, 2.75) is 47.1 Å². The second-order valence-corrected chi connectivity index (χ2v) is 5.45. The zero-order valence-electron chi connectivity index (χ0n) is 10.8. The second kappa shape index (κ2) is 3.97. The fourth-order valence-electron chi connectivity index (χ4n) is 1.64. The molecule has 0 aromatic carbocycles. The third-order valence-corrected chi connectivity index (χ3v) is 3.20. The van der Waals surface area contributed by atoms with Crippen molar-refractivity contribution in [1.82, 2.24) is 9.78 Å². The highest BCUT2D eigenvalue weighted by Gasteiger charge is 2.23. The van der Waals surface area contributed by atoms with E-state index in [1.807, 2.05) is 11.7 Å². The maximum atomic E-state index is 6.19. The van der Waals surface area contributed by atoms with Gasteiger partial charge in [-0.05, 0) is 31.2 Å². The van der Waals surface area contributed by atoms with Gasteiger partial charge in [-0.15, -0.1) is 0 Å². The first-order valence-electron chi connectivity index (χ1n) is 5.48. The fourth-order valence-corrected chi connectivity index (χ4v) is 1.64. The van der Waals surface area contributed by atoms with Crippen molar-refractivity contribution in [3.8, 4) is 0 Å². The molecule has 1 atom stereocenters. The van der Waals surface area contributed by atoms with Crippen LogP contribution in [0.3, 0.4) is 0 Å². The number of hydrogen-bond donors (Lipinski definition) is 1. The van der Waals surface area contributed by atoms with Crippen molar-refractivity contribution < 1.29 is 0 Å². The van der Waals surface area contributed by atoms with Crippen molar-refractivity contribution in [1.29, 1.82) is 0 Å². The maximum absolute atomic E-state index is 6.19. The Balaban J connectivity index is 2.90. The summed E-state index contributed by atoms with van der Waals surface area (Å²) in [6.07, 6.45) is 0.912. The van der Waals surface area contributed by atoms with Gasteiger partial charge in [-0.25, -0.2) is 0 Å². The molecule has 1 unspecified atom stereocenters. The van der Waals surface area contributed by atoms with E-state index in [2.05, 4.69) is 39.7 Å². The molecule has 0 saturated heterocycles. The van der Waals surface area contributed by atoms with Crippen molar-refractivity contribution in [2.24, 2.45) is 18.2 Å². The highest BCUT2D eigenvalue weighted by molar-refractivity contribution is 5.25. The Morgan fingerprint density at radius 1 is 1.33 bits per heavy atom. The van der Waals surface area contributed by atoms with E-state index >= 15 is 0 Å². The van der Waals surface area contributed by atoms with Crippen molar-refractivity contribution in [2.75, 3.05) is 0 Å². The molecule has 0 fully saturated rings. The highest BCUT2D eigenvalue weighted by atomic mass is 15.3. The van der Waals surface area contributed by atoms with E-state index in [0.717, 1.165) is 12.1 Å². The minimum atomic E-state index is 0.148. The molecule has 1 rings (SSSR count). The number of aromatic nitrogens is 2. The third-order valence-electron chi connectivity index (χ3n) is 3.20. The summed E-state index contributed by atoms with van der Waals surface area (Å²) >= 11 is 0. The smallest absolute Gasteiger partial charge is 0.0628 e. The van der Waals surface area contributed by atoms with Gasteiger partial charge >= 0.3 is 0 Å². The van der Waals surface area contributed by atoms with Gasteiger partial charge in [0.15, 0.2) is 0 Å². The van der Waals surface area contributed by atoms with Crippen LogP contribution in [-0.2, 0) is 13.5 Å². The molecule has 0 radical (unpaired) electrons. The summed E-state index contributed by atoms with van der Waals surface area (Å²) in [6, 6.07) is 0.180. The van der Waals surface area contributed by atoms with Gasteiger partial charge in [0.2, 0.25) is 0 Å². The van der Waals surface area contributed by atoms with Crippen molar-refractivity contribution >= 4 is 0 Å². The molecular formula is C12H23N3. The van der Waals surface area contributed by atoms with Crippen LogP contribution in [0.2, 0.25) is 0 Å². The predicted molar refractivity (Wildman–Crippen MR) is 63.8 cm³/mol. The van der Waals surface area contributed by atoms with Crippen LogP contribution in [0.15, 0.2) is 0 Å². The molecule has 1 aromatic rings. The summed E-state index contributed by atoms with van der Waals surface area (Å²) in [6.45, 7) is 10.7. The minimum Gasteiger partial charge on any atom is -0.327 e. The van der Waals surface area contributed by atoms with Gasteiger partial charge in [-0.1, -0.05) is 20.8 Å². The minimum absolute atomic E-state index is 0.148. The van der Waals surface area contributed by atoms with Crippen LogP contribution in [-0.4, -0.2) is 15.8 Å². The molecule has 0 spiro atoms. The summed E-state index contributed by atoms with van der Waals surface area (Å²) in [7, 11) is 1.98. The molecule has 2 N–H and O–H groups in total. The molecule has 3 heteroatoms. The Kier molecular flexibility index (Phi) is 3.24. The van der Waals surface area contributed by atoms with E-state index in [1.165, 1.54) is 11.3 Å². The Labute approximate surface area is 92.7 Å². The third kappa shape index (κ3) is 2.59. The van der Waals surface area contributed by atoms with Crippen LogP contribution in [0, 0.1) is 19.3 Å². The Morgan fingerprint density at radius 2 is 1.87 bits per heavy atom. The van der Waals surface area contributed by atoms with Gasteiger partial charge in [0.1, 0.15) is 0 Å². The molecule has 0 amide bonds. The van der Waals surface area contributed by atoms with Crippen LogP contribution < -0.4 is 5.73 Å². The lowest BCUT2D eigenvalue weighted by Gasteiger charge is -2.27. The maximum Gasteiger partial charge on any atom is 0.0628 e. The van der Waals surface area contributed by atoms with Gasteiger partial charge in [0.25, 0.3) is 0 Å². The molecule has 0 bridgehead atoms.